The molecule has 9 heteroatoms. The van der Waals surface area contributed by atoms with Crippen LogP contribution < -0.4 is 4.90 Å². The van der Waals surface area contributed by atoms with E-state index in [0.717, 1.165) is 31.4 Å². The van der Waals surface area contributed by atoms with E-state index in [2.05, 4.69) is 49.2 Å². The quantitative estimate of drug-likeness (QED) is 0.697. The molecule has 1 aromatic carbocycles. The molecule has 3 aromatic rings. The number of aliphatic imine (C=N–C) groups is 2. The van der Waals surface area contributed by atoms with Crippen LogP contribution in [-0.4, -0.2) is 61.1 Å². The fourth-order valence-corrected chi connectivity index (χ4v) is 3.42. The maximum atomic E-state index is 4.86. The SMILES string of the molecule is c1ccc2c(c1)CCN2C1=NCN(CCn2cncn2)C(n2cccn2)=N1. The van der Waals surface area contributed by atoms with Crippen LogP contribution in [0, 0.1) is 0 Å². The van der Waals surface area contributed by atoms with E-state index in [-0.39, 0.29) is 0 Å². The highest BCUT2D eigenvalue weighted by atomic mass is 15.5. The van der Waals surface area contributed by atoms with Crippen molar-refractivity contribution in [1.82, 2.24) is 29.4 Å². The van der Waals surface area contributed by atoms with Gasteiger partial charge in [-0.3, -0.25) is 4.68 Å². The van der Waals surface area contributed by atoms with Gasteiger partial charge in [0.25, 0.3) is 0 Å². The van der Waals surface area contributed by atoms with Crippen LogP contribution in [0.2, 0.25) is 0 Å². The number of fused-ring (bicyclic) bond motifs is 1. The minimum Gasteiger partial charge on any atom is -0.319 e. The minimum absolute atomic E-state index is 0.529. The molecule has 2 aliphatic rings. The Morgan fingerprint density at radius 2 is 2.00 bits per heavy atom. The Kier molecular flexibility index (Phi) is 3.89. The molecule has 0 unspecified atom stereocenters. The van der Waals surface area contributed by atoms with E-state index in [9.17, 15) is 0 Å². The Balaban J connectivity index is 1.42. The van der Waals surface area contributed by atoms with Crippen molar-refractivity contribution in [2.24, 2.45) is 9.98 Å². The molecule has 4 heterocycles. The molecule has 0 saturated carbocycles. The van der Waals surface area contributed by atoms with Crippen molar-refractivity contribution in [3.05, 3.63) is 60.9 Å². The lowest BCUT2D eigenvalue weighted by Crippen LogP contribution is -2.44. The minimum atomic E-state index is 0.529. The molecule has 5 rings (SSSR count). The second-order valence-corrected chi connectivity index (χ2v) is 6.41. The van der Waals surface area contributed by atoms with Crippen molar-refractivity contribution >= 4 is 17.6 Å². The first-order valence-corrected chi connectivity index (χ1v) is 8.94. The lowest BCUT2D eigenvalue weighted by molar-refractivity contribution is 0.375. The van der Waals surface area contributed by atoms with Gasteiger partial charge in [0.2, 0.25) is 11.9 Å². The molecule has 0 radical (unpaired) electrons. The maximum Gasteiger partial charge on any atom is 0.231 e. The second-order valence-electron chi connectivity index (χ2n) is 6.41. The fraction of sp³-hybridized carbons (Fsp3) is 0.278. The smallest absolute Gasteiger partial charge is 0.231 e. The van der Waals surface area contributed by atoms with Crippen LogP contribution in [0.15, 0.2) is 65.4 Å². The zero-order chi connectivity index (χ0) is 18.1. The molecule has 27 heavy (non-hydrogen) atoms. The van der Waals surface area contributed by atoms with E-state index in [1.165, 1.54) is 11.3 Å². The lowest BCUT2D eigenvalue weighted by Gasteiger charge is -2.30. The summed E-state index contributed by atoms with van der Waals surface area (Å²) in [5, 5.41) is 8.54. The van der Waals surface area contributed by atoms with Crippen LogP contribution in [0.5, 0.6) is 0 Å². The zero-order valence-electron chi connectivity index (χ0n) is 14.8. The van der Waals surface area contributed by atoms with Gasteiger partial charge in [0, 0.05) is 31.2 Å². The topological polar surface area (TPSA) is 79.7 Å². The largest absolute Gasteiger partial charge is 0.319 e. The number of anilines is 1. The molecule has 2 aliphatic heterocycles. The van der Waals surface area contributed by atoms with E-state index in [1.807, 2.05) is 12.3 Å². The van der Waals surface area contributed by atoms with Crippen molar-refractivity contribution in [2.45, 2.75) is 13.0 Å². The molecule has 9 nitrogen and oxygen atoms in total. The predicted molar refractivity (Wildman–Crippen MR) is 102 cm³/mol. The second kappa shape index (κ2) is 6.67. The van der Waals surface area contributed by atoms with Gasteiger partial charge in [0.05, 0.1) is 6.54 Å². The van der Waals surface area contributed by atoms with Crippen LogP contribution in [-0.2, 0) is 13.0 Å². The highest BCUT2D eigenvalue weighted by Gasteiger charge is 2.27. The summed E-state index contributed by atoms with van der Waals surface area (Å²) in [6.07, 6.45) is 7.93. The van der Waals surface area contributed by atoms with Crippen LogP contribution in [0.25, 0.3) is 0 Å². The van der Waals surface area contributed by atoms with Crippen LogP contribution in [0.1, 0.15) is 5.56 Å². The summed E-state index contributed by atoms with van der Waals surface area (Å²) in [6.45, 7) is 2.85. The summed E-state index contributed by atoms with van der Waals surface area (Å²) in [6, 6.07) is 10.3. The van der Waals surface area contributed by atoms with Gasteiger partial charge in [-0.15, -0.1) is 0 Å². The van der Waals surface area contributed by atoms with Crippen molar-refractivity contribution in [2.75, 3.05) is 24.7 Å². The average Bonchev–Trinajstić information content (AvgIpc) is 3.48. The molecule has 0 N–H and O–H groups in total. The molecular weight excluding hydrogens is 342 g/mol. The first-order chi connectivity index (χ1) is 13.4. The first-order valence-electron chi connectivity index (χ1n) is 8.94. The Labute approximate surface area is 156 Å². The fourth-order valence-electron chi connectivity index (χ4n) is 3.42. The Bertz CT molecular complexity index is 972. The summed E-state index contributed by atoms with van der Waals surface area (Å²) in [5.74, 6) is 1.51. The standard InChI is InChI=1S/C18H19N9/c1-2-5-16-15(4-1)6-9-26(16)17-20-14-24(10-11-25-13-19-12-22-25)18(23-17)27-8-3-7-21-27/h1-5,7-8,12-13H,6,9-11,14H2. The number of aromatic nitrogens is 5. The van der Waals surface area contributed by atoms with Crippen molar-refractivity contribution in [3.8, 4) is 0 Å². The number of hydrogen-bond acceptors (Lipinski definition) is 7. The first kappa shape index (κ1) is 15.7. The van der Waals surface area contributed by atoms with Gasteiger partial charge in [-0.05, 0) is 24.1 Å². The highest BCUT2D eigenvalue weighted by molar-refractivity contribution is 6.06. The number of benzene rings is 1. The normalized spacial score (nSPS) is 16.3. The molecular formula is C18H19N9. The Morgan fingerprint density at radius 3 is 2.85 bits per heavy atom. The summed E-state index contributed by atoms with van der Waals surface area (Å²) in [4.78, 5) is 17.9. The van der Waals surface area contributed by atoms with Gasteiger partial charge in [-0.2, -0.15) is 15.2 Å². The molecule has 0 fully saturated rings. The molecule has 0 spiro atoms. The lowest BCUT2D eigenvalue weighted by atomic mass is 10.2. The third kappa shape index (κ3) is 2.97. The van der Waals surface area contributed by atoms with Crippen LogP contribution in [0.3, 0.4) is 0 Å². The van der Waals surface area contributed by atoms with Gasteiger partial charge >= 0.3 is 0 Å². The number of hydrogen-bond donors (Lipinski definition) is 0. The van der Waals surface area contributed by atoms with Gasteiger partial charge in [-0.25, -0.2) is 14.7 Å². The molecule has 0 amide bonds. The monoisotopic (exact) mass is 361 g/mol. The molecule has 136 valence electrons. The van der Waals surface area contributed by atoms with Gasteiger partial charge in [-0.1, -0.05) is 18.2 Å². The van der Waals surface area contributed by atoms with E-state index < -0.39 is 0 Å². The number of rotatable bonds is 3. The van der Waals surface area contributed by atoms with Gasteiger partial charge < -0.3 is 9.80 Å². The third-order valence-electron chi connectivity index (χ3n) is 4.77. The summed E-state index contributed by atoms with van der Waals surface area (Å²) >= 11 is 0. The van der Waals surface area contributed by atoms with E-state index in [4.69, 9.17) is 9.98 Å². The van der Waals surface area contributed by atoms with E-state index >= 15 is 0 Å². The number of nitrogens with zero attached hydrogens (tertiary/aromatic N) is 9. The maximum absolute atomic E-state index is 4.86. The number of para-hydroxylation sites is 1. The van der Waals surface area contributed by atoms with Crippen molar-refractivity contribution < 1.29 is 0 Å². The van der Waals surface area contributed by atoms with E-state index in [0.29, 0.717) is 13.2 Å². The Morgan fingerprint density at radius 1 is 1.04 bits per heavy atom. The van der Waals surface area contributed by atoms with Crippen LogP contribution in [0.4, 0.5) is 5.69 Å². The average molecular weight is 361 g/mol. The summed E-state index contributed by atoms with van der Waals surface area (Å²) < 4.78 is 3.59. The van der Waals surface area contributed by atoms with E-state index in [1.54, 1.807) is 28.2 Å². The highest BCUT2D eigenvalue weighted by Crippen LogP contribution is 2.28. The molecule has 2 aromatic heterocycles. The summed E-state index contributed by atoms with van der Waals surface area (Å²) in [7, 11) is 0. The number of guanidine groups is 1. The predicted octanol–water partition coefficient (Wildman–Crippen LogP) is 1.07. The third-order valence-corrected chi connectivity index (χ3v) is 4.77. The van der Waals surface area contributed by atoms with Gasteiger partial charge in [0.1, 0.15) is 19.3 Å². The van der Waals surface area contributed by atoms with Crippen LogP contribution >= 0.6 is 0 Å². The van der Waals surface area contributed by atoms with Crippen molar-refractivity contribution in [3.63, 3.8) is 0 Å². The summed E-state index contributed by atoms with van der Waals surface area (Å²) in [5.41, 5.74) is 2.53. The Hall–Kier alpha value is -3.49. The molecule has 0 atom stereocenters. The molecule has 0 aliphatic carbocycles. The van der Waals surface area contributed by atoms with Crippen molar-refractivity contribution in [1.29, 1.82) is 0 Å². The van der Waals surface area contributed by atoms with Gasteiger partial charge in [0.15, 0.2) is 0 Å². The zero-order valence-corrected chi connectivity index (χ0v) is 14.8. The molecule has 0 saturated heterocycles. The molecule has 0 bridgehead atoms.